The van der Waals surface area contributed by atoms with Gasteiger partial charge in [-0.25, -0.2) is 0 Å². The fourth-order valence-corrected chi connectivity index (χ4v) is 4.23. The molecule has 1 heterocycles. The van der Waals surface area contributed by atoms with Crippen LogP contribution in [0.5, 0.6) is 0 Å². The summed E-state index contributed by atoms with van der Waals surface area (Å²) < 4.78 is 13.0. The molecule has 156 valence electrons. The predicted molar refractivity (Wildman–Crippen MR) is 119 cm³/mol. The van der Waals surface area contributed by atoms with Gasteiger partial charge in [0.2, 0.25) is 0 Å². The molecule has 3 atom stereocenters. The molecule has 30 heavy (non-hydrogen) atoms. The SMILES string of the molecule is CCCCC[C@@](O)(c1ccccc1)C1O[C@H](c2ccccc2)[C@@H](c2ccccc2)O1. The van der Waals surface area contributed by atoms with Gasteiger partial charge in [0.15, 0.2) is 6.29 Å². The van der Waals surface area contributed by atoms with Gasteiger partial charge < -0.3 is 14.6 Å². The molecule has 0 aromatic heterocycles. The molecule has 3 nitrogen and oxygen atoms in total. The molecule has 1 aliphatic heterocycles. The Morgan fingerprint density at radius 3 is 1.63 bits per heavy atom. The van der Waals surface area contributed by atoms with Crippen molar-refractivity contribution in [3.63, 3.8) is 0 Å². The number of ether oxygens (including phenoxy) is 2. The molecule has 1 fully saturated rings. The first-order valence-electron chi connectivity index (χ1n) is 10.9. The Balaban J connectivity index is 1.69. The van der Waals surface area contributed by atoms with E-state index in [2.05, 4.69) is 31.2 Å². The van der Waals surface area contributed by atoms with Crippen LogP contribution in [0.15, 0.2) is 91.0 Å². The first-order chi connectivity index (χ1) is 14.7. The second kappa shape index (κ2) is 9.57. The van der Waals surface area contributed by atoms with Crippen molar-refractivity contribution < 1.29 is 14.6 Å². The van der Waals surface area contributed by atoms with E-state index in [0.717, 1.165) is 36.0 Å². The van der Waals surface area contributed by atoms with E-state index in [0.29, 0.717) is 6.42 Å². The Morgan fingerprint density at radius 1 is 0.700 bits per heavy atom. The zero-order chi connectivity index (χ0) is 20.8. The number of rotatable bonds is 8. The van der Waals surface area contributed by atoms with Crippen LogP contribution in [0.25, 0.3) is 0 Å². The lowest BCUT2D eigenvalue weighted by Gasteiger charge is -2.33. The highest BCUT2D eigenvalue weighted by molar-refractivity contribution is 5.28. The van der Waals surface area contributed by atoms with Gasteiger partial charge in [0.05, 0.1) is 0 Å². The summed E-state index contributed by atoms with van der Waals surface area (Å²) in [5, 5.41) is 11.9. The third-order valence-corrected chi connectivity index (χ3v) is 5.90. The number of hydrogen-bond donors (Lipinski definition) is 1. The van der Waals surface area contributed by atoms with Gasteiger partial charge in [0, 0.05) is 0 Å². The Hall–Kier alpha value is -2.46. The highest BCUT2D eigenvalue weighted by Gasteiger charge is 2.49. The summed E-state index contributed by atoms with van der Waals surface area (Å²) in [5.74, 6) is 0. The molecule has 0 amide bonds. The van der Waals surface area contributed by atoms with Gasteiger partial charge in [0.25, 0.3) is 0 Å². The number of aliphatic hydroxyl groups is 1. The summed E-state index contributed by atoms with van der Waals surface area (Å²) in [6.07, 6.45) is 2.37. The fraction of sp³-hybridized carbons (Fsp3) is 0.333. The van der Waals surface area contributed by atoms with E-state index in [4.69, 9.17) is 9.47 Å². The molecule has 0 aliphatic carbocycles. The zero-order valence-electron chi connectivity index (χ0n) is 17.5. The summed E-state index contributed by atoms with van der Waals surface area (Å²) in [6.45, 7) is 2.17. The Bertz CT molecular complexity index is 850. The average molecular weight is 403 g/mol. The van der Waals surface area contributed by atoms with E-state index < -0.39 is 11.9 Å². The molecule has 1 N–H and O–H groups in total. The Kier molecular flexibility index (Phi) is 6.63. The molecule has 3 heteroatoms. The molecule has 0 radical (unpaired) electrons. The normalized spacial score (nSPS) is 21.4. The van der Waals surface area contributed by atoms with E-state index in [-0.39, 0.29) is 12.2 Å². The maximum absolute atomic E-state index is 11.9. The summed E-state index contributed by atoms with van der Waals surface area (Å²) in [6, 6.07) is 30.1. The van der Waals surface area contributed by atoms with Gasteiger partial charge in [-0.15, -0.1) is 0 Å². The standard InChI is InChI=1S/C27H30O3/c1-2-3-13-20-27(28,23-18-11-6-12-19-23)26-29-24(21-14-7-4-8-15-21)25(30-26)22-16-9-5-10-17-22/h4-12,14-19,24-26,28H,2-3,13,20H2,1H3/t24-,25-,27-/m1/s1. The molecule has 3 aromatic rings. The number of benzene rings is 3. The second-order valence-corrected chi connectivity index (χ2v) is 8.01. The van der Waals surface area contributed by atoms with E-state index in [1.165, 1.54) is 0 Å². The van der Waals surface area contributed by atoms with Gasteiger partial charge in [-0.3, -0.25) is 0 Å². The molecule has 1 aliphatic rings. The van der Waals surface area contributed by atoms with E-state index in [1.807, 2.05) is 66.7 Å². The Morgan fingerprint density at radius 2 is 1.17 bits per heavy atom. The largest absolute Gasteiger partial charge is 0.380 e. The molecular weight excluding hydrogens is 372 g/mol. The minimum absolute atomic E-state index is 0.278. The van der Waals surface area contributed by atoms with Gasteiger partial charge in [-0.1, -0.05) is 117 Å². The van der Waals surface area contributed by atoms with Crippen LogP contribution in [-0.2, 0) is 15.1 Å². The van der Waals surface area contributed by atoms with Crippen molar-refractivity contribution in [3.8, 4) is 0 Å². The smallest absolute Gasteiger partial charge is 0.192 e. The van der Waals surface area contributed by atoms with Crippen molar-refractivity contribution in [3.05, 3.63) is 108 Å². The van der Waals surface area contributed by atoms with Crippen molar-refractivity contribution in [1.82, 2.24) is 0 Å². The quantitative estimate of drug-likeness (QED) is 0.449. The van der Waals surface area contributed by atoms with E-state index >= 15 is 0 Å². The van der Waals surface area contributed by atoms with Gasteiger partial charge in [0.1, 0.15) is 17.8 Å². The highest BCUT2D eigenvalue weighted by Crippen LogP contribution is 2.48. The van der Waals surface area contributed by atoms with Crippen molar-refractivity contribution in [2.24, 2.45) is 0 Å². The van der Waals surface area contributed by atoms with Crippen molar-refractivity contribution in [2.75, 3.05) is 0 Å². The average Bonchev–Trinajstić information content (AvgIpc) is 3.27. The molecule has 0 spiro atoms. The van der Waals surface area contributed by atoms with Gasteiger partial charge in [-0.2, -0.15) is 0 Å². The second-order valence-electron chi connectivity index (χ2n) is 8.01. The molecule has 0 bridgehead atoms. The summed E-state index contributed by atoms with van der Waals surface area (Å²) in [7, 11) is 0. The summed E-state index contributed by atoms with van der Waals surface area (Å²) >= 11 is 0. The van der Waals surface area contributed by atoms with E-state index in [9.17, 15) is 5.11 Å². The zero-order valence-corrected chi connectivity index (χ0v) is 17.5. The van der Waals surface area contributed by atoms with Crippen LogP contribution in [0.3, 0.4) is 0 Å². The minimum atomic E-state index is -1.20. The summed E-state index contributed by atoms with van der Waals surface area (Å²) in [5.41, 5.74) is 1.75. The first-order valence-corrected chi connectivity index (χ1v) is 10.9. The third kappa shape index (κ3) is 4.34. The lowest BCUT2D eigenvalue weighted by atomic mass is 9.87. The molecular formula is C27H30O3. The van der Waals surface area contributed by atoms with Crippen LogP contribution in [0.4, 0.5) is 0 Å². The molecule has 0 saturated carbocycles. The van der Waals surface area contributed by atoms with Crippen LogP contribution in [0.2, 0.25) is 0 Å². The van der Waals surface area contributed by atoms with Crippen LogP contribution in [0.1, 0.15) is 61.5 Å². The topological polar surface area (TPSA) is 38.7 Å². The van der Waals surface area contributed by atoms with E-state index in [1.54, 1.807) is 0 Å². The maximum atomic E-state index is 11.9. The van der Waals surface area contributed by atoms with Crippen molar-refractivity contribution in [1.29, 1.82) is 0 Å². The molecule has 1 saturated heterocycles. The Labute approximate surface area is 179 Å². The number of hydrogen-bond acceptors (Lipinski definition) is 3. The minimum Gasteiger partial charge on any atom is -0.380 e. The third-order valence-electron chi connectivity index (χ3n) is 5.90. The lowest BCUT2D eigenvalue weighted by Crippen LogP contribution is -2.40. The maximum Gasteiger partial charge on any atom is 0.192 e. The molecule has 0 unspecified atom stereocenters. The monoisotopic (exact) mass is 402 g/mol. The number of unbranched alkanes of at least 4 members (excludes halogenated alkanes) is 2. The highest BCUT2D eigenvalue weighted by atomic mass is 16.7. The van der Waals surface area contributed by atoms with Crippen LogP contribution in [-0.4, -0.2) is 11.4 Å². The lowest BCUT2D eigenvalue weighted by molar-refractivity contribution is -0.203. The predicted octanol–water partition coefficient (Wildman–Crippen LogP) is 6.31. The first kappa shape index (κ1) is 20.8. The van der Waals surface area contributed by atoms with Crippen LogP contribution in [0, 0.1) is 0 Å². The fourth-order valence-electron chi connectivity index (χ4n) is 4.23. The van der Waals surface area contributed by atoms with Crippen molar-refractivity contribution in [2.45, 2.75) is 56.7 Å². The van der Waals surface area contributed by atoms with Crippen LogP contribution >= 0.6 is 0 Å². The van der Waals surface area contributed by atoms with Crippen LogP contribution < -0.4 is 0 Å². The van der Waals surface area contributed by atoms with Gasteiger partial charge in [-0.05, 0) is 23.1 Å². The summed E-state index contributed by atoms with van der Waals surface area (Å²) in [4.78, 5) is 0. The molecule has 4 rings (SSSR count). The van der Waals surface area contributed by atoms with Crippen molar-refractivity contribution >= 4 is 0 Å². The van der Waals surface area contributed by atoms with Gasteiger partial charge >= 0.3 is 0 Å². The molecule has 3 aromatic carbocycles.